The molecule has 0 bridgehead atoms. The average Bonchev–Trinajstić information content (AvgIpc) is 2.31. The fraction of sp³-hybridized carbons (Fsp3) is 0.583. The Hall–Kier alpha value is 0.440. The lowest BCUT2D eigenvalue weighted by Crippen LogP contribution is -3.00. The smallest absolute Gasteiger partial charge is 0.141 e. The third-order valence-corrected chi connectivity index (χ3v) is 3.02. The Balaban J connectivity index is -0.000000405. The summed E-state index contributed by atoms with van der Waals surface area (Å²) in [5.74, 6) is 12.1. The summed E-state index contributed by atoms with van der Waals surface area (Å²) in [4.78, 5) is 4.01. The van der Waals surface area contributed by atoms with Crippen LogP contribution in [0.25, 0.3) is 0 Å². The number of nitrogens with zero attached hydrogens (tertiary/aromatic N) is 2. The summed E-state index contributed by atoms with van der Waals surface area (Å²) in [6, 6.07) is 3.65. The number of halogens is 5. The number of quaternary nitrogens is 1. The number of aromatic nitrogens is 1. The Kier molecular flexibility index (Phi) is 22.5. The minimum absolute atomic E-state index is 0. The van der Waals surface area contributed by atoms with Crippen molar-refractivity contribution in [2.24, 2.45) is 17.4 Å². The molecule has 0 aliphatic heterocycles. The fourth-order valence-electron chi connectivity index (χ4n) is 1.82. The van der Waals surface area contributed by atoms with Crippen LogP contribution in [-0.4, -0.2) is 22.8 Å². The van der Waals surface area contributed by atoms with Crippen LogP contribution in [0, 0.1) is 0 Å². The van der Waals surface area contributed by atoms with Crippen LogP contribution < -0.4 is 29.8 Å². The van der Waals surface area contributed by atoms with Gasteiger partial charge >= 0.3 is 0 Å². The lowest BCUT2D eigenvalue weighted by Gasteiger charge is -2.26. The molecule has 1 aromatic heterocycles. The van der Waals surface area contributed by atoms with Gasteiger partial charge < -0.3 is 18.1 Å². The van der Waals surface area contributed by atoms with E-state index in [9.17, 15) is 0 Å². The Morgan fingerprint density at radius 2 is 1.59 bits per heavy atom. The second-order valence-electron chi connectivity index (χ2n) is 4.68. The maximum absolute atomic E-state index is 6.03. The van der Waals surface area contributed by atoms with Crippen molar-refractivity contribution >= 4 is 48.8 Å². The van der Waals surface area contributed by atoms with Crippen LogP contribution >= 0.6 is 48.8 Å². The Morgan fingerprint density at radius 3 is 2.09 bits per heavy atom. The van der Waals surface area contributed by atoms with Crippen molar-refractivity contribution in [3.8, 4) is 0 Å². The van der Waals surface area contributed by atoms with Gasteiger partial charge in [-0.15, -0.1) is 37.2 Å². The molecule has 0 aliphatic carbocycles. The molecule has 0 aromatic carbocycles. The monoisotopic (exact) mass is 415 g/mol. The van der Waals surface area contributed by atoms with Gasteiger partial charge in [-0.05, 0) is 31.5 Å². The minimum Gasteiger partial charge on any atom is -1.00 e. The Morgan fingerprint density at radius 1 is 1.00 bits per heavy atom. The number of hydrogen-bond acceptors (Lipinski definition) is 4. The first-order valence-electron chi connectivity index (χ1n) is 6.28. The third-order valence-electron chi connectivity index (χ3n) is 2.79. The van der Waals surface area contributed by atoms with E-state index in [0.717, 1.165) is 44.3 Å². The molecule has 10 heteroatoms. The highest BCUT2D eigenvalue weighted by Gasteiger charge is 2.18. The number of unbranched alkanes of at least 4 members (excludes halogenated alkanes) is 3. The van der Waals surface area contributed by atoms with Crippen molar-refractivity contribution in [2.45, 2.75) is 32.2 Å². The molecule has 0 fully saturated rings. The highest BCUT2D eigenvalue weighted by atomic mass is 35.5. The van der Waals surface area contributed by atoms with E-state index in [2.05, 4.69) is 4.98 Å². The maximum atomic E-state index is 6.03. The molecule has 0 atom stereocenters. The van der Waals surface area contributed by atoms with E-state index in [1.165, 1.54) is 0 Å². The van der Waals surface area contributed by atoms with Gasteiger partial charge in [-0.3, -0.25) is 0 Å². The molecular weight excluding hydrogens is 391 g/mol. The molecule has 0 saturated carbocycles. The number of nitrogens with two attached hydrogens (primary N) is 3. The summed E-state index contributed by atoms with van der Waals surface area (Å²) in [5, 5.41) is 0.479. The first kappa shape index (κ1) is 30.3. The van der Waals surface area contributed by atoms with Crippen LogP contribution in [0.5, 0.6) is 0 Å². The summed E-state index contributed by atoms with van der Waals surface area (Å²) >= 11 is 5.73. The van der Waals surface area contributed by atoms with Gasteiger partial charge in [-0.2, -0.15) is 16.4 Å². The highest BCUT2D eigenvalue weighted by molar-refractivity contribution is 6.29. The molecule has 0 unspecified atom stereocenters. The molecule has 134 valence electrons. The zero-order valence-corrected chi connectivity index (χ0v) is 16.3. The van der Waals surface area contributed by atoms with Crippen LogP contribution in [0.2, 0.25) is 5.15 Å². The Labute approximate surface area is 162 Å². The molecule has 0 saturated heterocycles. The van der Waals surface area contributed by atoms with Crippen LogP contribution in [-0.2, 0) is 6.54 Å². The molecule has 1 rings (SSSR count). The van der Waals surface area contributed by atoms with Crippen molar-refractivity contribution in [1.82, 2.24) is 4.98 Å². The summed E-state index contributed by atoms with van der Waals surface area (Å²) < 4.78 is -0.00800. The summed E-state index contributed by atoms with van der Waals surface area (Å²) in [7, 11) is 0. The lowest BCUT2D eigenvalue weighted by atomic mass is 10.2. The Bertz CT molecular complexity index is 350. The predicted octanol–water partition coefficient (Wildman–Crippen LogP) is -0.412. The van der Waals surface area contributed by atoms with Crippen molar-refractivity contribution in [3.05, 3.63) is 29.0 Å². The van der Waals surface area contributed by atoms with E-state index < -0.39 is 0 Å². The van der Waals surface area contributed by atoms with Crippen LogP contribution in [0.3, 0.4) is 0 Å². The van der Waals surface area contributed by atoms with Gasteiger partial charge in [0.15, 0.2) is 0 Å². The van der Waals surface area contributed by atoms with Crippen molar-refractivity contribution in [3.63, 3.8) is 0 Å². The van der Waals surface area contributed by atoms with Crippen molar-refractivity contribution < 1.29 is 17.1 Å². The van der Waals surface area contributed by atoms with Gasteiger partial charge in [0, 0.05) is 18.2 Å². The highest BCUT2D eigenvalue weighted by Crippen LogP contribution is 2.10. The van der Waals surface area contributed by atoms with Gasteiger partial charge in [0.25, 0.3) is 0 Å². The van der Waals surface area contributed by atoms with Gasteiger partial charge in [0.05, 0.1) is 0 Å². The van der Waals surface area contributed by atoms with Gasteiger partial charge in [0.1, 0.15) is 18.2 Å². The van der Waals surface area contributed by atoms with Crippen LogP contribution in [0.1, 0.15) is 31.2 Å². The van der Waals surface area contributed by atoms with E-state index in [4.69, 9.17) is 29.0 Å². The number of rotatable bonds is 8. The van der Waals surface area contributed by atoms with E-state index in [1.807, 2.05) is 6.07 Å². The molecular formula is C12H26Cl5N5. The van der Waals surface area contributed by atoms with Crippen LogP contribution in [0.4, 0.5) is 0 Å². The predicted molar refractivity (Wildman–Crippen MR) is 95.7 cm³/mol. The van der Waals surface area contributed by atoms with E-state index in [0.29, 0.717) is 11.7 Å². The number of pyridine rings is 1. The zero-order valence-electron chi connectivity index (χ0n) is 12.3. The van der Waals surface area contributed by atoms with E-state index >= 15 is 0 Å². The molecule has 5 nitrogen and oxygen atoms in total. The first-order chi connectivity index (χ1) is 8.53. The second-order valence-corrected chi connectivity index (χ2v) is 5.06. The van der Waals surface area contributed by atoms with E-state index in [1.54, 1.807) is 12.3 Å². The zero-order chi connectivity index (χ0) is 13.4. The summed E-state index contributed by atoms with van der Waals surface area (Å²) in [5.41, 5.74) is 6.43. The van der Waals surface area contributed by atoms with Gasteiger partial charge in [0.2, 0.25) is 0 Å². The average molecular weight is 418 g/mol. The van der Waals surface area contributed by atoms with Crippen molar-refractivity contribution in [1.29, 1.82) is 0 Å². The molecule has 6 N–H and O–H groups in total. The molecule has 22 heavy (non-hydrogen) atoms. The third kappa shape index (κ3) is 14.1. The lowest BCUT2D eigenvalue weighted by molar-refractivity contribution is -0.964. The molecule has 0 spiro atoms. The second kappa shape index (κ2) is 16.3. The van der Waals surface area contributed by atoms with Crippen LogP contribution in [0.15, 0.2) is 18.3 Å². The standard InChI is InChI=1S/C12H23ClN5.4ClH/c13-12-6-5-11(9-17-12)10-18(15,16)8-4-2-1-3-7-14;;;;/h5-6,9H,1-4,7-8,10,14-16H2;4*1H/q+1;;;;/p-1. The van der Waals surface area contributed by atoms with E-state index in [-0.39, 0.29) is 54.3 Å². The quantitative estimate of drug-likeness (QED) is 0.176. The maximum Gasteiger partial charge on any atom is 0.141 e. The summed E-state index contributed by atoms with van der Waals surface area (Å²) in [6.45, 7) is 2.05. The van der Waals surface area contributed by atoms with Gasteiger partial charge in [-0.1, -0.05) is 18.0 Å². The molecule has 1 aromatic rings. The topological polar surface area (TPSA) is 91.0 Å². The molecule has 0 radical (unpaired) electrons. The van der Waals surface area contributed by atoms with Crippen molar-refractivity contribution in [2.75, 3.05) is 13.1 Å². The largest absolute Gasteiger partial charge is 1.00 e. The number of hydrogen-bond donors (Lipinski definition) is 3. The summed E-state index contributed by atoms with van der Waals surface area (Å²) in [6.07, 6.45) is 6.04. The molecule has 1 heterocycles. The molecule has 0 aliphatic rings. The minimum atomic E-state index is -0.00800. The normalized spacial score (nSPS) is 9.64. The SMILES string of the molecule is Cl.Cl.Cl.NCCCCCC[N+](N)(N)Cc1ccc(Cl)nc1.[Cl-]. The first-order valence-corrected chi connectivity index (χ1v) is 6.66. The fourth-order valence-corrected chi connectivity index (χ4v) is 1.93. The molecule has 0 amide bonds. The van der Waals surface area contributed by atoms with Gasteiger partial charge in [-0.25, -0.2) is 4.98 Å².